The molecule has 0 aliphatic carbocycles. The van der Waals surface area contributed by atoms with Crippen LogP contribution in [0.3, 0.4) is 0 Å². The van der Waals surface area contributed by atoms with Crippen LogP contribution in [0.5, 0.6) is 0 Å². The van der Waals surface area contributed by atoms with E-state index < -0.39 is 5.67 Å². The van der Waals surface area contributed by atoms with E-state index in [1.807, 2.05) is 4.90 Å². The van der Waals surface area contributed by atoms with Crippen LogP contribution in [0.2, 0.25) is 0 Å². The van der Waals surface area contributed by atoms with Crippen molar-refractivity contribution in [2.45, 2.75) is 25.1 Å². The maximum Gasteiger partial charge on any atom is 0.265 e. The maximum atomic E-state index is 15.6. The van der Waals surface area contributed by atoms with Crippen LogP contribution in [0.25, 0.3) is 11.4 Å². The summed E-state index contributed by atoms with van der Waals surface area (Å²) in [5.41, 5.74) is -0.499. The Morgan fingerprint density at radius 1 is 1.22 bits per heavy atom. The summed E-state index contributed by atoms with van der Waals surface area (Å²) in [5.74, 6) is -0.00652. The van der Waals surface area contributed by atoms with Crippen LogP contribution in [0.1, 0.15) is 24.3 Å². The fourth-order valence-electron chi connectivity index (χ4n) is 3.32. The van der Waals surface area contributed by atoms with Crippen molar-refractivity contribution < 1.29 is 13.3 Å². The Labute approximate surface area is 163 Å². The van der Waals surface area contributed by atoms with Crippen molar-refractivity contribution in [2.24, 2.45) is 0 Å². The minimum absolute atomic E-state index is 0.0321. The van der Waals surface area contributed by atoms with Crippen molar-refractivity contribution in [3.05, 3.63) is 64.5 Å². The predicted molar refractivity (Wildman–Crippen MR) is 98.9 cm³/mol. The van der Waals surface area contributed by atoms with Gasteiger partial charge >= 0.3 is 0 Å². The molecular weight excluding hydrogens is 418 g/mol. The zero-order valence-electron chi connectivity index (χ0n) is 14.4. The second-order valence-electron chi connectivity index (χ2n) is 6.67. The number of likely N-dealkylation sites (tertiary alicyclic amines) is 1. The first-order valence-electron chi connectivity index (χ1n) is 8.63. The third-order valence-corrected chi connectivity index (χ3v) is 5.17. The fraction of sp³-hybridized carbons (Fsp3) is 0.316. The van der Waals surface area contributed by atoms with Crippen LogP contribution < -0.4 is 0 Å². The first kappa shape index (κ1) is 18.2. The number of alkyl halides is 1. The van der Waals surface area contributed by atoms with Gasteiger partial charge in [-0.2, -0.15) is 4.98 Å². The van der Waals surface area contributed by atoms with Gasteiger partial charge in [0, 0.05) is 41.1 Å². The lowest BCUT2D eigenvalue weighted by atomic mass is 9.94. The van der Waals surface area contributed by atoms with Crippen LogP contribution in [0.15, 0.2) is 51.7 Å². The van der Waals surface area contributed by atoms with Gasteiger partial charge in [0.15, 0.2) is 0 Å². The predicted octanol–water partition coefficient (Wildman–Crippen LogP) is 4.49. The van der Waals surface area contributed by atoms with E-state index >= 15 is 4.39 Å². The van der Waals surface area contributed by atoms with Crippen molar-refractivity contribution >= 4 is 15.9 Å². The number of hydrogen-bond acceptors (Lipinski definition) is 5. The summed E-state index contributed by atoms with van der Waals surface area (Å²) in [5, 5.41) is 3.90. The summed E-state index contributed by atoms with van der Waals surface area (Å²) in [6.07, 6.45) is 4.16. The molecule has 0 spiro atoms. The zero-order chi connectivity index (χ0) is 18.9. The Morgan fingerprint density at radius 3 is 2.81 bits per heavy atom. The summed E-state index contributed by atoms with van der Waals surface area (Å²) in [4.78, 5) is 10.1. The molecule has 0 saturated carbocycles. The molecule has 1 atom stereocenters. The second kappa shape index (κ2) is 7.44. The van der Waals surface area contributed by atoms with E-state index in [-0.39, 0.29) is 18.3 Å². The molecule has 1 saturated heterocycles. The van der Waals surface area contributed by atoms with Gasteiger partial charge in [0.05, 0.1) is 0 Å². The number of hydrogen-bond donors (Lipinski definition) is 0. The van der Waals surface area contributed by atoms with E-state index in [4.69, 9.17) is 4.52 Å². The topological polar surface area (TPSA) is 55.1 Å². The first-order chi connectivity index (χ1) is 13.0. The van der Waals surface area contributed by atoms with Gasteiger partial charge in [-0.15, -0.1) is 0 Å². The summed E-state index contributed by atoms with van der Waals surface area (Å²) >= 11 is 3.25. The van der Waals surface area contributed by atoms with Crippen molar-refractivity contribution in [3.63, 3.8) is 0 Å². The van der Waals surface area contributed by atoms with Gasteiger partial charge in [0.2, 0.25) is 11.5 Å². The first-order valence-corrected chi connectivity index (χ1v) is 9.43. The molecule has 1 aromatic carbocycles. The number of pyridine rings is 1. The molecule has 0 N–H and O–H groups in total. The summed E-state index contributed by atoms with van der Waals surface area (Å²) in [6.45, 7) is 1.10. The molecule has 3 heterocycles. The molecule has 0 bridgehead atoms. The largest absolute Gasteiger partial charge is 0.335 e. The average molecular weight is 435 g/mol. The van der Waals surface area contributed by atoms with E-state index in [2.05, 4.69) is 31.1 Å². The maximum absolute atomic E-state index is 15.6. The molecule has 27 heavy (non-hydrogen) atoms. The fourth-order valence-corrected chi connectivity index (χ4v) is 3.65. The van der Waals surface area contributed by atoms with Crippen LogP contribution in [-0.4, -0.2) is 33.1 Å². The molecule has 140 valence electrons. The van der Waals surface area contributed by atoms with Crippen molar-refractivity contribution in [2.75, 3.05) is 13.1 Å². The van der Waals surface area contributed by atoms with Crippen molar-refractivity contribution in [3.8, 4) is 11.4 Å². The van der Waals surface area contributed by atoms with E-state index in [1.54, 1.807) is 36.7 Å². The molecule has 3 aromatic rings. The minimum atomic E-state index is -1.75. The standard InChI is InChI=1S/C19H17BrF2N4O/c20-15-3-2-14(16(21)10-15)11-26-9-1-6-19(22,12-26)18-24-17(25-27-18)13-4-7-23-8-5-13/h2-5,7-8,10H,1,6,9,11-12H2. The lowest BCUT2D eigenvalue weighted by Gasteiger charge is -2.35. The Balaban J connectivity index is 1.52. The third kappa shape index (κ3) is 3.91. The highest BCUT2D eigenvalue weighted by molar-refractivity contribution is 9.10. The monoisotopic (exact) mass is 434 g/mol. The Bertz CT molecular complexity index is 936. The molecule has 0 amide bonds. The summed E-state index contributed by atoms with van der Waals surface area (Å²) in [7, 11) is 0. The molecule has 5 nitrogen and oxygen atoms in total. The van der Waals surface area contributed by atoms with E-state index in [9.17, 15) is 4.39 Å². The number of nitrogens with zero attached hydrogens (tertiary/aromatic N) is 4. The summed E-state index contributed by atoms with van der Waals surface area (Å²) in [6, 6.07) is 8.39. The average Bonchev–Trinajstić information content (AvgIpc) is 3.16. The molecule has 2 aromatic heterocycles. The van der Waals surface area contributed by atoms with Crippen LogP contribution in [0.4, 0.5) is 8.78 Å². The van der Waals surface area contributed by atoms with E-state index in [1.165, 1.54) is 6.07 Å². The molecule has 1 aliphatic heterocycles. The van der Waals surface area contributed by atoms with Gasteiger partial charge < -0.3 is 4.52 Å². The quantitative estimate of drug-likeness (QED) is 0.605. The lowest BCUT2D eigenvalue weighted by Crippen LogP contribution is -2.43. The molecule has 4 rings (SSSR count). The van der Waals surface area contributed by atoms with Gasteiger partial charge in [-0.25, -0.2) is 8.78 Å². The third-order valence-electron chi connectivity index (χ3n) is 4.68. The second-order valence-corrected chi connectivity index (χ2v) is 7.59. The van der Waals surface area contributed by atoms with Gasteiger partial charge in [0.25, 0.3) is 5.89 Å². The number of halogens is 3. The highest BCUT2D eigenvalue weighted by Gasteiger charge is 2.42. The molecule has 1 fully saturated rings. The smallest absolute Gasteiger partial charge is 0.265 e. The number of rotatable bonds is 4. The van der Waals surface area contributed by atoms with Crippen LogP contribution in [-0.2, 0) is 12.2 Å². The zero-order valence-corrected chi connectivity index (χ0v) is 16.0. The highest BCUT2D eigenvalue weighted by Crippen LogP contribution is 2.36. The Kier molecular flexibility index (Phi) is 5.01. The number of aromatic nitrogens is 3. The highest BCUT2D eigenvalue weighted by atomic mass is 79.9. The molecule has 0 radical (unpaired) electrons. The van der Waals surface area contributed by atoms with Crippen molar-refractivity contribution in [1.82, 2.24) is 20.0 Å². The molecule has 1 unspecified atom stereocenters. The van der Waals surface area contributed by atoms with Crippen LogP contribution in [0, 0.1) is 5.82 Å². The van der Waals surface area contributed by atoms with Crippen molar-refractivity contribution in [1.29, 1.82) is 0 Å². The summed E-state index contributed by atoms with van der Waals surface area (Å²) < 4.78 is 35.6. The van der Waals surface area contributed by atoms with E-state index in [0.29, 0.717) is 47.4 Å². The van der Waals surface area contributed by atoms with Gasteiger partial charge in [-0.05, 0) is 43.7 Å². The molecular formula is C19H17BrF2N4O. The Morgan fingerprint density at radius 2 is 2.04 bits per heavy atom. The van der Waals surface area contributed by atoms with Gasteiger partial charge in [-0.3, -0.25) is 9.88 Å². The normalized spacial score (nSPS) is 20.7. The van der Waals surface area contributed by atoms with E-state index in [0.717, 1.165) is 0 Å². The number of benzene rings is 1. The SMILES string of the molecule is Fc1cc(Br)ccc1CN1CCCC(F)(c2nc(-c3ccncc3)no2)C1. The van der Waals surface area contributed by atoms with Crippen LogP contribution >= 0.6 is 15.9 Å². The molecule has 8 heteroatoms. The molecule has 1 aliphatic rings. The lowest BCUT2D eigenvalue weighted by molar-refractivity contribution is 0.0120. The minimum Gasteiger partial charge on any atom is -0.335 e. The van der Waals surface area contributed by atoms with Gasteiger partial charge in [-0.1, -0.05) is 27.2 Å². The number of piperidine rings is 1. The Hall–Kier alpha value is -2.19. The van der Waals surface area contributed by atoms with Gasteiger partial charge in [0.1, 0.15) is 5.82 Å².